The van der Waals surface area contributed by atoms with Crippen LogP contribution in [0.4, 0.5) is 0 Å². The molecule has 0 radical (unpaired) electrons. The maximum absolute atomic E-state index is 9.03. The number of aryl methyl sites for hydroxylation is 2. The van der Waals surface area contributed by atoms with E-state index in [4.69, 9.17) is 5.11 Å². The van der Waals surface area contributed by atoms with E-state index >= 15 is 0 Å². The average molecular weight is 221 g/mol. The molecule has 0 aromatic carbocycles. The number of nitrogens with one attached hydrogen (secondary N) is 2. The highest BCUT2D eigenvalue weighted by Gasteiger charge is 2.18. The lowest BCUT2D eigenvalue weighted by atomic mass is 10.1. The maximum atomic E-state index is 9.03. The molecule has 1 aromatic heterocycles. The molecule has 0 bridgehead atoms. The van der Waals surface area contributed by atoms with Gasteiger partial charge in [0, 0.05) is 36.4 Å². The van der Waals surface area contributed by atoms with Gasteiger partial charge in [0.05, 0.1) is 5.69 Å². The summed E-state index contributed by atoms with van der Waals surface area (Å²) in [7, 11) is 0. The Morgan fingerprint density at radius 1 is 1.50 bits per heavy atom. The van der Waals surface area contributed by atoms with Crippen molar-refractivity contribution < 1.29 is 5.11 Å². The number of aliphatic hydroxyl groups is 1. The molecule has 3 N–H and O–H groups in total. The summed E-state index contributed by atoms with van der Waals surface area (Å²) in [4.78, 5) is 0. The largest absolute Gasteiger partial charge is 0.396 e. The highest BCUT2D eigenvalue weighted by Crippen LogP contribution is 2.18. The van der Waals surface area contributed by atoms with Crippen molar-refractivity contribution in [3.8, 4) is 0 Å². The molecule has 2 rings (SSSR count). The molecule has 4 heteroatoms. The van der Waals surface area contributed by atoms with Crippen molar-refractivity contribution >= 4 is 0 Å². The Morgan fingerprint density at radius 2 is 2.31 bits per heavy atom. The van der Waals surface area contributed by atoms with Crippen molar-refractivity contribution in [2.24, 2.45) is 5.92 Å². The topological polar surface area (TPSA) is 60.9 Å². The van der Waals surface area contributed by atoms with Gasteiger partial charge in [0.1, 0.15) is 0 Å². The fraction of sp³-hybridized carbons (Fsp3) is 0.583. The van der Waals surface area contributed by atoms with Gasteiger partial charge in [-0.1, -0.05) is 12.2 Å². The Morgan fingerprint density at radius 3 is 2.88 bits per heavy atom. The van der Waals surface area contributed by atoms with Crippen LogP contribution in [-0.2, 0) is 6.54 Å². The van der Waals surface area contributed by atoms with Gasteiger partial charge in [0.15, 0.2) is 0 Å². The van der Waals surface area contributed by atoms with E-state index in [0.29, 0.717) is 12.0 Å². The van der Waals surface area contributed by atoms with Crippen LogP contribution in [0, 0.1) is 19.8 Å². The van der Waals surface area contributed by atoms with Gasteiger partial charge in [-0.05, 0) is 20.3 Å². The van der Waals surface area contributed by atoms with Crippen LogP contribution in [0.5, 0.6) is 0 Å². The second-order valence-electron chi connectivity index (χ2n) is 4.46. The third-order valence-corrected chi connectivity index (χ3v) is 3.23. The minimum atomic E-state index is 0.248. The Hall–Kier alpha value is -1.13. The van der Waals surface area contributed by atoms with Crippen LogP contribution >= 0.6 is 0 Å². The standard InChI is InChI=1S/C12H19N3O/c1-8-12(9(2)15-14-8)6-13-11-4-3-10(5-11)7-16/h3-4,10-11,13,16H,5-7H2,1-2H3,(H,14,15)/t10-,11+/m0/s1. The van der Waals surface area contributed by atoms with E-state index in [1.54, 1.807) is 0 Å². The predicted octanol–water partition coefficient (Wildman–Crippen LogP) is 1.05. The van der Waals surface area contributed by atoms with Crippen molar-refractivity contribution in [2.75, 3.05) is 6.61 Å². The Bertz CT molecular complexity index is 364. The van der Waals surface area contributed by atoms with Gasteiger partial charge in [0.2, 0.25) is 0 Å². The fourth-order valence-corrected chi connectivity index (χ4v) is 2.13. The zero-order valence-electron chi connectivity index (χ0n) is 9.83. The SMILES string of the molecule is Cc1n[nH]c(C)c1CN[C@@H]1C=C[C@H](CO)C1. The van der Waals surface area contributed by atoms with Gasteiger partial charge in [-0.3, -0.25) is 5.10 Å². The van der Waals surface area contributed by atoms with Crippen LogP contribution in [0.3, 0.4) is 0 Å². The first-order chi connectivity index (χ1) is 7.70. The summed E-state index contributed by atoms with van der Waals surface area (Å²) in [5.41, 5.74) is 3.44. The summed E-state index contributed by atoms with van der Waals surface area (Å²) in [6.07, 6.45) is 5.23. The average Bonchev–Trinajstić information content (AvgIpc) is 2.85. The van der Waals surface area contributed by atoms with Crippen LogP contribution in [0.2, 0.25) is 0 Å². The molecule has 1 aliphatic rings. The number of nitrogens with zero attached hydrogens (tertiary/aromatic N) is 1. The molecule has 1 aliphatic carbocycles. The van der Waals surface area contributed by atoms with E-state index in [0.717, 1.165) is 24.4 Å². The van der Waals surface area contributed by atoms with Crippen LogP contribution in [0.25, 0.3) is 0 Å². The maximum Gasteiger partial charge on any atom is 0.0638 e. The first-order valence-corrected chi connectivity index (χ1v) is 5.73. The molecule has 0 unspecified atom stereocenters. The molecule has 0 saturated carbocycles. The van der Waals surface area contributed by atoms with E-state index in [1.165, 1.54) is 5.56 Å². The molecule has 4 nitrogen and oxygen atoms in total. The monoisotopic (exact) mass is 221 g/mol. The van der Waals surface area contributed by atoms with Gasteiger partial charge in [-0.25, -0.2) is 0 Å². The summed E-state index contributed by atoms with van der Waals surface area (Å²) in [6.45, 7) is 5.14. The summed E-state index contributed by atoms with van der Waals surface area (Å²) in [5.74, 6) is 0.323. The molecule has 16 heavy (non-hydrogen) atoms. The number of H-pyrrole nitrogens is 1. The molecule has 0 saturated heterocycles. The number of aliphatic hydroxyl groups excluding tert-OH is 1. The minimum Gasteiger partial charge on any atom is -0.396 e. The van der Waals surface area contributed by atoms with Gasteiger partial charge in [-0.2, -0.15) is 5.10 Å². The van der Waals surface area contributed by atoms with E-state index in [1.807, 2.05) is 13.8 Å². The lowest BCUT2D eigenvalue weighted by Gasteiger charge is -2.12. The van der Waals surface area contributed by atoms with Gasteiger partial charge < -0.3 is 10.4 Å². The summed E-state index contributed by atoms with van der Waals surface area (Å²) >= 11 is 0. The normalized spacial score (nSPS) is 24.2. The molecule has 88 valence electrons. The van der Waals surface area contributed by atoms with Gasteiger partial charge >= 0.3 is 0 Å². The highest BCUT2D eigenvalue weighted by atomic mass is 16.3. The third-order valence-electron chi connectivity index (χ3n) is 3.23. The summed E-state index contributed by atoms with van der Waals surface area (Å²) in [5, 5.41) is 19.7. The molecule has 0 aliphatic heterocycles. The lowest BCUT2D eigenvalue weighted by Crippen LogP contribution is -2.26. The third kappa shape index (κ3) is 2.33. The molecule has 2 atom stereocenters. The van der Waals surface area contributed by atoms with Gasteiger partial charge in [0.25, 0.3) is 0 Å². The van der Waals surface area contributed by atoms with E-state index < -0.39 is 0 Å². The van der Waals surface area contributed by atoms with Crippen molar-refractivity contribution in [3.05, 3.63) is 29.1 Å². The molecule has 0 amide bonds. The number of hydrogen-bond acceptors (Lipinski definition) is 3. The van der Waals surface area contributed by atoms with E-state index in [-0.39, 0.29) is 6.61 Å². The van der Waals surface area contributed by atoms with Crippen LogP contribution in [0.15, 0.2) is 12.2 Å². The van der Waals surface area contributed by atoms with E-state index in [2.05, 4.69) is 27.7 Å². The van der Waals surface area contributed by atoms with E-state index in [9.17, 15) is 0 Å². The molecule has 1 aromatic rings. The number of rotatable bonds is 4. The number of aromatic amines is 1. The molecule has 0 fully saturated rings. The second-order valence-corrected chi connectivity index (χ2v) is 4.46. The highest BCUT2D eigenvalue weighted by molar-refractivity contribution is 5.23. The lowest BCUT2D eigenvalue weighted by molar-refractivity contribution is 0.246. The molecule has 1 heterocycles. The first kappa shape index (κ1) is 11.4. The van der Waals surface area contributed by atoms with Crippen LogP contribution < -0.4 is 5.32 Å². The molecular weight excluding hydrogens is 202 g/mol. The second kappa shape index (κ2) is 4.80. The zero-order valence-corrected chi connectivity index (χ0v) is 9.83. The molecule has 0 spiro atoms. The fourth-order valence-electron chi connectivity index (χ4n) is 2.13. The van der Waals surface area contributed by atoms with Crippen molar-refractivity contribution in [1.82, 2.24) is 15.5 Å². The smallest absolute Gasteiger partial charge is 0.0638 e. The quantitative estimate of drug-likeness (QED) is 0.666. The van der Waals surface area contributed by atoms with Crippen molar-refractivity contribution in [3.63, 3.8) is 0 Å². The van der Waals surface area contributed by atoms with Crippen molar-refractivity contribution in [1.29, 1.82) is 0 Å². The summed E-state index contributed by atoms with van der Waals surface area (Å²) in [6, 6.07) is 0.380. The Balaban J connectivity index is 1.87. The minimum absolute atomic E-state index is 0.248. The van der Waals surface area contributed by atoms with Crippen molar-refractivity contribution in [2.45, 2.75) is 32.9 Å². The first-order valence-electron chi connectivity index (χ1n) is 5.73. The summed E-state index contributed by atoms with van der Waals surface area (Å²) < 4.78 is 0. The van der Waals surface area contributed by atoms with Crippen LogP contribution in [0.1, 0.15) is 23.4 Å². The Kier molecular flexibility index (Phi) is 3.41. The molecular formula is C12H19N3O. The number of aromatic nitrogens is 2. The van der Waals surface area contributed by atoms with Gasteiger partial charge in [-0.15, -0.1) is 0 Å². The van der Waals surface area contributed by atoms with Crippen LogP contribution in [-0.4, -0.2) is 28.0 Å². The zero-order chi connectivity index (χ0) is 11.5. The Labute approximate surface area is 95.8 Å². The predicted molar refractivity (Wildman–Crippen MR) is 63.0 cm³/mol. The number of hydrogen-bond donors (Lipinski definition) is 3.